The summed E-state index contributed by atoms with van der Waals surface area (Å²) in [5, 5.41) is 7.71. The zero-order valence-electron chi connectivity index (χ0n) is 12.1. The normalized spacial score (nSPS) is 10.7. The van der Waals surface area contributed by atoms with Crippen LogP contribution in [0.4, 0.5) is 5.69 Å². The van der Waals surface area contributed by atoms with Gasteiger partial charge in [0.25, 0.3) is 0 Å². The Morgan fingerprint density at radius 2 is 2.05 bits per heavy atom. The highest BCUT2D eigenvalue weighted by Crippen LogP contribution is 2.17. The smallest absolute Gasteiger partial charge is 0.176 e. The maximum Gasteiger partial charge on any atom is 0.176 e. The van der Waals surface area contributed by atoms with Crippen molar-refractivity contribution in [2.45, 2.75) is 26.4 Å². The molecule has 0 bridgehead atoms. The van der Waals surface area contributed by atoms with Crippen LogP contribution in [0.5, 0.6) is 0 Å². The van der Waals surface area contributed by atoms with Crippen LogP contribution in [0, 0.1) is 0 Å². The molecule has 0 fully saturated rings. The van der Waals surface area contributed by atoms with E-state index >= 15 is 0 Å². The quantitative estimate of drug-likeness (QED) is 0.755. The molecule has 21 heavy (non-hydrogen) atoms. The summed E-state index contributed by atoms with van der Waals surface area (Å²) < 4.78 is 4.05. The summed E-state index contributed by atoms with van der Waals surface area (Å²) in [7, 11) is 0. The van der Waals surface area contributed by atoms with Gasteiger partial charge >= 0.3 is 0 Å². The number of aryl methyl sites for hydroxylation is 1. The van der Waals surface area contributed by atoms with Crippen LogP contribution in [0.3, 0.4) is 0 Å². The molecule has 0 aliphatic rings. The molecule has 0 aromatic carbocycles. The number of hydrogen-bond donors (Lipinski definition) is 1. The Balaban J connectivity index is 1.78. The predicted octanol–water partition coefficient (Wildman–Crippen LogP) is 3.09. The average Bonchev–Trinajstić information content (AvgIpc) is 3.17. The van der Waals surface area contributed by atoms with E-state index in [9.17, 15) is 0 Å². The molecule has 0 unspecified atom stereocenters. The van der Waals surface area contributed by atoms with Gasteiger partial charge in [-0.2, -0.15) is 5.10 Å². The van der Waals surface area contributed by atoms with Crippen LogP contribution in [0.15, 0.2) is 55.1 Å². The highest BCUT2D eigenvalue weighted by atomic mass is 15.3. The number of rotatable bonds is 6. The number of nitrogens with one attached hydrogen (secondary N) is 1. The van der Waals surface area contributed by atoms with Crippen molar-refractivity contribution in [2.24, 2.45) is 0 Å². The molecule has 0 saturated heterocycles. The third kappa shape index (κ3) is 2.97. The first kappa shape index (κ1) is 13.4. The van der Waals surface area contributed by atoms with Crippen LogP contribution in [0.1, 0.15) is 19.0 Å². The van der Waals surface area contributed by atoms with Crippen LogP contribution in [-0.2, 0) is 13.1 Å². The summed E-state index contributed by atoms with van der Waals surface area (Å²) in [4.78, 5) is 4.41. The number of anilines is 1. The van der Waals surface area contributed by atoms with E-state index < -0.39 is 0 Å². The first-order chi connectivity index (χ1) is 10.4. The van der Waals surface area contributed by atoms with E-state index in [0.717, 1.165) is 31.0 Å². The Kier molecular flexibility index (Phi) is 4.00. The van der Waals surface area contributed by atoms with Crippen LogP contribution in [0.2, 0.25) is 0 Å². The van der Waals surface area contributed by atoms with Gasteiger partial charge in [-0.15, -0.1) is 0 Å². The molecule has 0 aliphatic carbocycles. The van der Waals surface area contributed by atoms with E-state index in [1.54, 1.807) is 17.1 Å². The van der Waals surface area contributed by atoms with Crippen LogP contribution in [0.25, 0.3) is 5.82 Å². The number of pyridine rings is 1. The van der Waals surface area contributed by atoms with E-state index in [1.807, 2.05) is 24.4 Å². The summed E-state index contributed by atoms with van der Waals surface area (Å²) in [6.07, 6.45) is 8.69. The lowest BCUT2D eigenvalue weighted by Crippen LogP contribution is -2.10. The van der Waals surface area contributed by atoms with Crippen LogP contribution >= 0.6 is 0 Å². The largest absolute Gasteiger partial charge is 0.376 e. The van der Waals surface area contributed by atoms with E-state index in [-0.39, 0.29) is 0 Å². The molecular weight excluding hydrogens is 262 g/mol. The summed E-state index contributed by atoms with van der Waals surface area (Å²) >= 11 is 0. The van der Waals surface area contributed by atoms with E-state index in [4.69, 9.17) is 0 Å². The van der Waals surface area contributed by atoms with Crippen molar-refractivity contribution in [3.05, 3.63) is 60.8 Å². The van der Waals surface area contributed by atoms with Crippen molar-refractivity contribution in [2.75, 3.05) is 5.32 Å². The first-order valence-electron chi connectivity index (χ1n) is 7.21. The summed E-state index contributed by atoms with van der Waals surface area (Å²) in [6.45, 7) is 4.00. The van der Waals surface area contributed by atoms with Gasteiger partial charge < -0.3 is 9.88 Å². The van der Waals surface area contributed by atoms with Crippen molar-refractivity contribution in [1.29, 1.82) is 0 Å². The number of aromatic nitrogens is 4. The van der Waals surface area contributed by atoms with Crippen LogP contribution in [-0.4, -0.2) is 19.3 Å². The Morgan fingerprint density at radius 3 is 2.86 bits per heavy atom. The Morgan fingerprint density at radius 1 is 1.10 bits per heavy atom. The predicted molar refractivity (Wildman–Crippen MR) is 83.4 cm³/mol. The van der Waals surface area contributed by atoms with Gasteiger partial charge in [0, 0.05) is 37.0 Å². The van der Waals surface area contributed by atoms with Gasteiger partial charge in [0.05, 0.1) is 12.2 Å². The molecule has 3 rings (SSSR count). The molecule has 5 nitrogen and oxygen atoms in total. The topological polar surface area (TPSA) is 47.7 Å². The molecule has 1 N–H and O–H groups in total. The van der Waals surface area contributed by atoms with Gasteiger partial charge in [0.15, 0.2) is 5.82 Å². The molecule has 0 saturated carbocycles. The zero-order valence-corrected chi connectivity index (χ0v) is 12.1. The van der Waals surface area contributed by atoms with E-state index in [1.165, 1.54) is 5.69 Å². The zero-order chi connectivity index (χ0) is 14.5. The molecule has 0 amide bonds. The fourth-order valence-electron chi connectivity index (χ4n) is 2.37. The highest BCUT2D eigenvalue weighted by Gasteiger charge is 2.06. The maximum atomic E-state index is 4.41. The van der Waals surface area contributed by atoms with Gasteiger partial charge in [-0.1, -0.05) is 6.92 Å². The second kappa shape index (κ2) is 6.26. The molecule has 5 heteroatoms. The minimum Gasteiger partial charge on any atom is -0.376 e. The molecular formula is C16H19N5. The Bertz CT molecular complexity index is 684. The number of hydrogen-bond acceptors (Lipinski definition) is 3. The van der Waals surface area contributed by atoms with Gasteiger partial charge in [0.2, 0.25) is 0 Å². The van der Waals surface area contributed by atoms with Gasteiger partial charge in [0.1, 0.15) is 0 Å². The second-order valence-electron chi connectivity index (χ2n) is 4.87. The van der Waals surface area contributed by atoms with Crippen molar-refractivity contribution in [3.8, 4) is 5.82 Å². The van der Waals surface area contributed by atoms with Gasteiger partial charge in [-0.25, -0.2) is 9.67 Å². The van der Waals surface area contributed by atoms with E-state index in [0.29, 0.717) is 0 Å². The average molecular weight is 281 g/mol. The molecule has 3 heterocycles. The van der Waals surface area contributed by atoms with E-state index in [2.05, 4.69) is 45.2 Å². The number of nitrogens with zero attached hydrogens (tertiary/aromatic N) is 4. The fourth-order valence-corrected chi connectivity index (χ4v) is 2.37. The minimum absolute atomic E-state index is 0.771. The molecule has 3 aromatic heterocycles. The van der Waals surface area contributed by atoms with Gasteiger partial charge in [-0.3, -0.25) is 0 Å². The SMILES string of the molecule is CCCn1cccc1CNc1cccnc1-n1cccn1. The third-order valence-corrected chi connectivity index (χ3v) is 3.36. The molecule has 0 atom stereocenters. The molecule has 108 valence electrons. The molecule has 0 spiro atoms. The lowest BCUT2D eigenvalue weighted by molar-refractivity contribution is 0.654. The summed E-state index contributed by atoms with van der Waals surface area (Å²) in [6, 6.07) is 10.1. The standard InChI is InChI=1S/C16H19N5/c1-2-10-20-11-4-6-14(20)13-18-15-7-3-8-17-16(15)21-12-5-9-19-21/h3-9,11-12,18H,2,10,13H2,1H3. The lowest BCUT2D eigenvalue weighted by Gasteiger charge is -2.12. The molecule has 0 radical (unpaired) electrons. The maximum absolute atomic E-state index is 4.41. The van der Waals surface area contributed by atoms with Gasteiger partial charge in [-0.05, 0) is 36.8 Å². The summed E-state index contributed by atoms with van der Waals surface area (Å²) in [5.41, 5.74) is 2.25. The summed E-state index contributed by atoms with van der Waals surface area (Å²) in [5.74, 6) is 0.816. The molecule has 3 aromatic rings. The second-order valence-corrected chi connectivity index (χ2v) is 4.87. The van der Waals surface area contributed by atoms with Crippen molar-refractivity contribution in [3.63, 3.8) is 0 Å². The van der Waals surface area contributed by atoms with Crippen LogP contribution < -0.4 is 5.32 Å². The Hall–Kier alpha value is -2.56. The van der Waals surface area contributed by atoms with Crippen molar-refractivity contribution < 1.29 is 0 Å². The fraction of sp³-hybridized carbons (Fsp3) is 0.250. The molecule has 0 aliphatic heterocycles. The first-order valence-corrected chi connectivity index (χ1v) is 7.21. The minimum atomic E-state index is 0.771. The Labute approximate surface area is 124 Å². The lowest BCUT2D eigenvalue weighted by atomic mass is 10.3. The van der Waals surface area contributed by atoms with Crippen molar-refractivity contribution in [1.82, 2.24) is 19.3 Å². The highest BCUT2D eigenvalue weighted by molar-refractivity contribution is 5.56. The third-order valence-electron chi connectivity index (χ3n) is 3.36. The van der Waals surface area contributed by atoms with Crippen molar-refractivity contribution >= 4 is 5.69 Å². The monoisotopic (exact) mass is 281 g/mol.